The lowest BCUT2D eigenvalue weighted by Crippen LogP contribution is -2.47. The smallest absolute Gasteiger partial charge is 0.166 e. The molecule has 0 amide bonds. The van der Waals surface area contributed by atoms with Crippen LogP contribution in [0.2, 0.25) is 0 Å². The van der Waals surface area contributed by atoms with Gasteiger partial charge in [0.1, 0.15) is 0 Å². The number of nitrogens with zero attached hydrogens (tertiary/aromatic N) is 1. The van der Waals surface area contributed by atoms with Gasteiger partial charge in [-0.15, -0.1) is 0 Å². The quantitative estimate of drug-likeness (QED) is 0.729. The van der Waals surface area contributed by atoms with E-state index in [1.54, 1.807) is 0 Å². The van der Waals surface area contributed by atoms with Crippen molar-refractivity contribution in [3.63, 3.8) is 0 Å². The normalized spacial score (nSPS) is 29.4. The average molecular weight is 241 g/mol. The molecule has 92 valence electrons. The van der Waals surface area contributed by atoms with E-state index >= 15 is 0 Å². The summed E-state index contributed by atoms with van der Waals surface area (Å²) in [5, 5.41) is 7.62. The Morgan fingerprint density at radius 2 is 2.19 bits per heavy atom. The minimum atomic E-state index is 0.578. The molecule has 2 heterocycles. The Kier molecular flexibility index (Phi) is 4.03. The molecule has 3 nitrogen and oxygen atoms in total. The Balaban J connectivity index is 1.75. The Labute approximate surface area is 104 Å². The summed E-state index contributed by atoms with van der Waals surface area (Å²) in [6, 6.07) is 1.31. The standard InChI is InChI=1S/C12H23N3S/c1-9(2)8-13-12(16)14-10-5-7-15-6-3-4-11(10)15/h9-11H,3-8H2,1-2H3,(H2,13,14,16). The van der Waals surface area contributed by atoms with Crippen LogP contribution in [0, 0.1) is 5.92 Å². The lowest BCUT2D eigenvalue weighted by Gasteiger charge is -2.23. The highest BCUT2D eigenvalue weighted by molar-refractivity contribution is 7.80. The molecule has 2 saturated heterocycles. The van der Waals surface area contributed by atoms with E-state index in [9.17, 15) is 0 Å². The van der Waals surface area contributed by atoms with E-state index in [-0.39, 0.29) is 0 Å². The van der Waals surface area contributed by atoms with Crippen molar-refractivity contribution in [2.45, 2.75) is 45.2 Å². The number of hydrogen-bond acceptors (Lipinski definition) is 2. The van der Waals surface area contributed by atoms with E-state index in [2.05, 4.69) is 29.4 Å². The molecule has 2 rings (SSSR count). The van der Waals surface area contributed by atoms with E-state index in [1.165, 1.54) is 32.4 Å². The van der Waals surface area contributed by atoms with Gasteiger partial charge in [-0.05, 0) is 43.9 Å². The number of fused-ring (bicyclic) bond motifs is 1. The van der Waals surface area contributed by atoms with Crippen molar-refractivity contribution in [1.29, 1.82) is 0 Å². The van der Waals surface area contributed by atoms with E-state index in [0.717, 1.165) is 17.7 Å². The van der Waals surface area contributed by atoms with Gasteiger partial charge in [0.15, 0.2) is 5.11 Å². The maximum atomic E-state index is 5.33. The molecule has 0 radical (unpaired) electrons. The van der Waals surface area contributed by atoms with Gasteiger partial charge < -0.3 is 10.6 Å². The van der Waals surface area contributed by atoms with Crippen LogP contribution in [0.15, 0.2) is 0 Å². The lowest BCUT2D eigenvalue weighted by molar-refractivity contribution is 0.308. The molecule has 2 aliphatic rings. The van der Waals surface area contributed by atoms with Crippen molar-refractivity contribution >= 4 is 17.3 Å². The maximum Gasteiger partial charge on any atom is 0.166 e. The molecule has 0 aromatic heterocycles. The molecule has 2 N–H and O–H groups in total. The second-order valence-electron chi connectivity index (χ2n) is 5.39. The first kappa shape index (κ1) is 12.1. The highest BCUT2D eigenvalue weighted by Crippen LogP contribution is 2.27. The summed E-state index contributed by atoms with van der Waals surface area (Å²) in [5.41, 5.74) is 0. The van der Waals surface area contributed by atoms with Crippen LogP contribution in [-0.2, 0) is 0 Å². The molecule has 2 atom stereocenters. The Morgan fingerprint density at radius 3 is 2.94 bits per heavy atom. The molecule has 0 bridgehead atoms. The monoisotopic (exact) mass is 241 g/mol. The Hall–Kier alpha value is -0.350. The van der Waals surface area contributed by atoms with Crippen LogP contribution < -0.4 is 10.6 Å². The SMILES string of the molecule is CC(C)CNC(=S)NC1CCN2CCCC12. The molecular formula is C12H23N3S. The largest absolute Gasteiger partial charge is 0.362 e. The van der Waals surface area contributed by atoms with Gasteiger partial charge >= 0.3 is 0 Å². The van der Waals surface area contributed by atoms with Crippen LogP contribution in [-0.4, -0.2) is 41.7 Å². The fourth-order valence-electron chi connectivity index (χ4n) is 2.77. The summed E-state index contributed by atoms with van der Waals surface area (Å²) in [4.78, 5) is 2.60. The number of rotatable bonds is 3. The van der Waals surface area contributed by atoms with E-state index in [0.29, 0.717) is 12.0 Å². The summed E-state index contributed by atoms with van der Waals surface area (Å²) < 4.78 is 0. The van der Waals surface area contributed by atoms with Crippen molar-refractivity contribution in [3.8, 4) is 0 Å². The van der Waals surface area contributed by atoms with Crippen LogP contribution in [0.25, 0.3) is 0 Å². The van der Waals surface area contributed by atoms with Gasteiger partial charge in [-0.2, -0.15) is 0 Å². The lowest BCUT2D eigenvalue weighted by atomic mass is 10.1. The van der Waals surface area contributed by atoms with Crippen LogP contribution in [0.5, 0.6) is 0 Å². The molecule has 16 heavy (non-hydrogen) atoms. The predicted octanol–water partition coefficient (Wildman–Crippen LogP) is 1.34. The highest BCUT2D eigenvalue weighted by Gasteiger charge is 2.37. The molecular weight excluding hydrogens is 218 g/mol. The summed E-state index contributed by atoms with van der Waals surface area (Å²) in [6.45, 7) is 7.89. The van der Waals surface area contributed by atoms with Crippen LogP contribution in [0.4, 0.5) is 0 Å². The summed E-state index contributed by atoms with van der Waals surface area (Å²) in [5.74, 6) is 0.645. The van der Waals surface area contributed by atoms with Gasteiger partial charge in [0.2, 0.25) is 0 Å². The van der Waals surface area contributed by atoms with Gasteiger partial charge in [-0.25, -0.2) is 0 Å². The molecule has 2 unspecified atom stereocenters. The number of thiocarbonyl (C=S) groups is 1. The highest BCUT2D eigenvalue weighted by atomic mass is 32.1. The average Bonchev–Trinajstić information content (AvgIpc) is 2.80. The van der Waals surface area contributed by atoms with E-state index in [4.69, 9.17) is 12.2 Å². The molecule has 2 fully saturated rings. The van der Waals surface area contributed by atoms with Crippen molar-refractivity contribution < 1.29 is 0 Å². The number of hydrogen-bond donors (Lipinski definition) is 2. The molecule has 4 heteroatoms. The number of nitrogens with one attached hydrogen (secondary N) is 2. The molecule has 0 aromatic rings. The van der Waals surface area contributed by atoms with Crippen LogP contribution in [0.1, 0.15) is 33.1 Å². The first-order valence-electron chi connectivity index (χ1n) is 6.45. The first-order valence-corrected chi connectivity index (χ1v) is 6.86. The minimum Gasteiger partial charge on any atom is -0.362 e. The third-order valence-corrected chi connectivity index (χ3v) is 3.86. The minimum absolute atomic E-state index is 0.578. The zero-order valence-electron chi connectivity index (χ0n) is 10.3. The third-order valence-electron chi connectivity index (χ3n) is 3.59. The fraction of sp³-hybridized carbons (Fsp3) is 0.917. The zero-order chi connectivity index (χ0) is 11.5. The van der Waals surface area contributed by atoms with Crippen molar-refractivity contribution in [2.24, 2.45) is 5.92 Å². The molecule has 0 saturated carbocycles. The van der Waals surface area contributed by atoms with Crippen molar-refractivity contribution in [2.75, 3.05) is 19.6 Å². The molecule has 0 aromatic carbocycles. The van der Waals surface area contributed by atoms with Gasteiger partial charge in [-0.1, -0.05) is 13.8 Å². The predicted molar refractivity (Wildman–Crippen MR) is 71.6 cm³/mol. The van der Waals surface area contributed by atoms with E-state index in [1.807, 2.05) is 0 Å². The third kappa shape index (κ3) is 2.86. The molecule has 0 aliphatic carbocycles. The summed E-state index contributed by atoms with van der Waals surface area (Å²) in [7, 11) is 0. The second-order valence-corrected chi connectivity index (χ2v) is 5.80. The van der Waals surface area contributed by atoms with Gasteiger partial charge in [0.25, 0.3) is 0 Å². The van der Waals surface area contributed by atoms with Gasteiger partial charge in [0.05, 0.1) is 0 Å². The second kappa shape index (κ2) is 5.32. The van der Waals surface area contributed by atoms with Gasteiger partial charge in [-0.3, -0.25) is 4.90 Å². The maximum absolute atomic E-state index is 5.33. The topological polar surface area (TPSA) is 27.3 Å². The Morgan fingerprint density at radius 1 is 1.38 bits per heavy atom. The van der Waals surface area contributed by atoms with Crippen LogP contribution in [0.3, 0.4) is 0 Å². The molecule has 0 spiro atoms. The van der Waals surface area contributed by atoms with Gasteiger partial charge in [0, 0.05) is 25.2 Å². The molecule has 2 aliphatic heterocycles. The fourth-order valence-corrected chi connectivity index (χ4v) is 3.00. The van der Waals surface area contributed by atoms with E-state index < -0.39 is 0 Å². The summed E-state index contributed by atoms with van der Waals surface area (Å²) >= 11 is 5.33. The summed E-state index contributed by atoms with van der Waals surface area (Å²) in [6.07, 6.45) is 3.94. The Bertz CT molecular complexity index is 255. The zero-order valence-corrected chi connectivity index (χ0v) is 11.1. The van der Waals surface area contributed by atoms with Crippen molar-refractivity contribution in [1.82, 2.24) is 15.5 Å². The first-order chi connectivity index (χ1) is 7.66. The van der Waals surface area contributed by atoms with Crippen LogP contribution >= 0.6 is 12.2 Å². The van der Waals surface area contributed by atoms with Crippen molar-refractivity contribution in [3.05, 3.63) is 0 Å².